The summed E-state index contributed by atoms with van der Waals surface area (Å²) in [7, 11) is 2.03. The first kappa shape index (κ1) is 15.9. The van der Waals surface area contributed by atoms with Crippen molar-refractivity contribution in [3.8, 4) is 5.75 Å². The van der Waals surface area contributed by atoms with E-state index in [0.717, 1.165) is 11.5 Å². The van der Waals surface area contributed by atoms with Crippen LogP contribution in [0.5, 0.6) is 5.75 Å². The Morgan fingerprint density at radius 2 is 2.05 bits per heavy atom. The molecule has 1 aromatic heterocycles. The van der Waals surface area contributed by atoms with Crippen molar-refractivity contribution in [3.63, 3.8) is 0 Å². The lowest BCUT2D eigenvalue weighted by atomic mass is 10.1. The molecular weight excluding hydrogens is 286 g/mol. The molecule has 0 atom stereocenters. The zero-order valence-corrected chi connectivity index (χ0v) is 13.8. The Hall–Kier alpha value is -1.43. The van der Waals surface area contributed by atoms with Crippen LogP contribution in [0, 0.1) is 5.92 Å². The molecule has 2 rings (SSSR count). The monoisotopic (exact) mass is 311 g/mol. The molecule has 0 saturated heterocycles. The molecule has 6 heteroatoms. The number of primary amides is 1. The number of hydrogen-bond donors (Lipinski definition) is 2. The fourth-order valence-electron chi connectivity index (χ4n) is 2.86. The number of rotatable bonds is 6. The molecule has 1 aliphatic rings. The summed E-state index contributed by atoms with van der Waals surface area (Å²) in [5.41, 5.74) is 11.8. The number of nitrogens with two attached hydrogens (primary N) is 2. The third-order valence-electron chi connectivity index (χ3n) is 3.81. The summed E-state index contributed by atoms with van der Waals surface area (Å²) >= 11 is 1.33. The summed E-state index contributed by atoms with van der Waals surface area (Å²) in [6, 6.07) is 0. The van der Waals surface area contributed by atoms with Gasteiger partial charge in [-0.15, -0.1) is 11.3 Å². The van der Waals surface area contributed by atoms with Gasteiger partial charge in [-0.3, -0.25) is 4.79 Å². The highest BCUT2D eigenvalue weighted by atomic mass is 32.1. The Morgan fingerprint density at radius 3 is 2.57 bits per heavy atom. The first-order valence-electron chi connectivity index (χ1n) is 7.50. The van der Waals surface area contributed by atoms with Crippen LogP contribution in [-0.2, 0) is 0 Å². The number of ether oxygens (including phenoxy) is 1. The van der Waals surface area contributed by atoms with Gasteiger partial charge in [-0.2, -0.15) is 0 Å². The quantitative estimate of drug-likeness (QED) is 0.846. The van der Waals surface area contributed by atoms with E-state index < -0.39 is 5.91 Å². The van der Waals surface area contributed by atoms with Gasteiger partial charge in [-0.1, -0.05) is 12.8 Å². The van der Waals surface area contributed by atoms with Gasteiger partial charge in [0.1, 0.15) is 15.6 Å². The molecule has 1 aliphatic carbocycles. The lowest BCUT2D eigenvalue weighted by Crippen LogP contribution is -2.24. The van der Waals surface area contributed by atoms with Crippen LogP contribution >= 0.6 is 11.3 Å². The maximum Gasteiger partial charge on any atom is 0.261 e. The van der Waals surface area contributed by atoms with Crippen molar-refractivity contribution in [1.29, 1.82) is 0 Å². The van der Waals surface area contributed by atoms with E-state index in [-0.39, 0.29) is 6.10 Å². The standard InChI is InChI=1S/C15H25N3O2S/c1-9(2)20-12-11(16)13(14(17)19)21-15(12)18(3)8-10-6-4-5-7-10/h9-10H,4-8,16H2,1-3H3,(H2,17,19). The van der Waals surface area contributed by atoms with Crippen molar-refractivity contribution in [2.75, 3.05) is 24.2 Å². The molecule has 118 valence electrons. The first-order chi connectivity index (χ1) is 9.90. The van der Waals surface area contributed by atoms with E-state index in [9.17, 15) is 4.79 Å². The Balaban J connectivity index is 2.26. The molecular formula is C15H25N3O2S. The molecule has 0 radical (unpaired) electrons. The predicted octanol–water partition coefficient (Wildman–Crippen LogP) is 2.84. The highest BCUT2D eigenvalue weighted by Crippen LogP contribution is 2.45. The SMILES string of the molecule is CC(C)Oc1c(N(C)CC2CCCC2)sc(C(N)=O)c1N. The fraction of sp³-hybridized carbons (Fsp3) is 0.667. The number of anilines is 2. The molecule has 1 saturated carbocycles. The van der Waals surface area contributed by atoms with Gasteiger partial charge in [0.25, 0.3) is 5.91 Å². The van der Waals surface area contributed by atoms with Crippen LogP contribution < -0.4 is 21.1 Å². The summed E-state index contributed by atoms with van der Waals surface area (Å²) in [5, 5.41) is 0.905. The number of amides is 1. The van der Waals surface area contributed by atoms with E-state index in [0.29, 0.717) is 22.2 Å². The Labute approximate surface area is 130 Å². The van der Waals surface area contributed by atoms with Gasteiger partial charge in [0.2, 0.25) is 0 Å². The molecule has 0 spiro atoms. The van der Waals surface area contributed by atoms with Crippen molar-refractivity contribution in [1.82, 2.24) is 0 Å². The summed E-state index contributed by atoms with van der Waals surface area (Å²) in [6.07, 6.45) is 5.17. The Kier molecular flexibility index (Phi) is 4.98. The zero-order valence-electron chi connectivity index (χ0n) is 13.0. The molecule has 1 fully saturated rings. The van der Waals surface area contributed by atoms with Gasteiger partial charge in [-0.05, 0) is 32.6 Å². The average molecular weight is 311 g/mol. The maximum atomic E-state index is 11.5. The average Bonchev–Trinajstić information content (AvgIpc) is 2.98. The van der Waals surface area contributed by atoms with Crippen LogP contribution in [0.3, 0.4) is 0 Å². The number of carbonyl (C=O) groups is 1. The molecule has 21 heavy (non-hydrogen) atoms. The fourth-order valence-corrected chi connectivity index (χ4v) is 3.84. The van der Waals surface area contributed by atoms with Crippen LogP contribution in [0.2, 0.25) is 0 Å². The molecule has 4 N–H and O–H groups in total. The summed E-state index contributed by atoms with van der Waals surface area (Å²) in [6.45, 7) is 4.86. The minimum atomic E-state index is -0.494. The second kappa shape index (κ2) is 6.56. The maximum absolute atomic E-state index is 11.5. The topological polar surface area (TPSA) is 81.6 Å². The van der Waals surface area contributed by atoms with Gasteiger partial charge in [0.15, 0.2) is 5.75 Å². The van der Waals surface area contributed by atoms with Gasteiger partial charge < -0.3 is 21.1 Å². The van der Waals surface area contributed by atoms with Crippen molar-refractivity contribution in [2.24, 2.45) is 11.7 Å². The normalized spacial score (nSPS) is 15.6. The van der Waals surface area contributed by atoms with E-state index >= 15 is 0 Å². The summed E-state index contributed by atoms with van der Waals surface area (Å²) < 4.78 is 5.83. The lowest BCUT2D eigenvalue weighted by Gasteiger charge is -2.23. The number of hydrogen-bond acceptors (Lipinski definition) is 5. The van der Waals surface area contributed by atoms with Crippen molar-refractivity contribution < 1.29 is 9.53 Å². The van der Waals surface area contributed by atoms with Gasteiger partial charge in [0.05, 0.1) is 6.10 Å². The predicted molar refractivity (Wildman–Crippen MR) is 88.2 cm³/mol. The highest BCUT2D eigenvalue weighted by molar-refractivity contribution is 7.19. The second-order valence-corrected chi connectivity index (χ2v) is 7.04. The third kappa shape index (κ3) is 3.61. The molecule has 0 aromatic carbocycles. The number of nitrogens with zero attached hydrogens (tertiary/aromatic N) is 1. The van der Waals surface area contributed by atoms with Crippen molar-refractivity contribution in [3.05, 3.63) is 4.88 Å². The van der Waals surface area contributed by atoms with E-state index in [2.05, 4.69) is 4.90 Å². The van der Waals surface area contributed by atoms with Crippen LogP contribution in [0.25, 0.3) is 0 Å². The molecule has 1 heterocycles. The van der Waals surface area contributed by atoms with Crippen LogP contribution in [0.15, 0.2) is 0 Å². The van der Waals surface area contributed by atoms with Gasteiger partial charge in [-0.25, -0.2) is 0 Å². The largest absolute Gasteiger partial charge is 0.486 e. The minimum absolute atomic E-state index is 0.00116. The Bertz CT molecular complexity index is 507. The zero-order chi connectivity index (χ0) is 15.6. The molecule has 1 amide bonds. The Morgan fingerprint density at radius 1 is 1.43 bits per heavy atom. The lowest BCUT2D eigenvalue weighted by molar-refractivity contribution is 0.100. The molecule has 5 nitrogen and oxygen atoms in total. The van der Waals surface area contributed by atoms with Crippen LogP contribution in [-0.4, -0.2) is 25.6 Å². The molecule has 0 aliphatic heterocycles. The smallest absolute Gasteiger partial charge is 0.261 e. The molecule has 0 unspecified atom stereocenters. The second-order valence-electron chi connectivity index (χ2n) is 6.04. The summed E-state index contributed by atoms with van der Waals surface area (Å²) in [5.74, 6) is 0.818. The van der Waals surface area contributed by atoms with E-state index in [1.165, 1.54) is 37.0 Å². The van der Waals surface area contributed by atoms with E-state index in [1.807, 2.05) is 20.9 Å². The van der Waals surface area contributed by atoms with Gasteiger partial charge >= 0.3 is 0 Å². The van der Waals surface area contributed by atoms with E-state index in [1.54, 1.807) is 0 Å². The minimum Gasteiger partial charge on any atom is -0.486 e. The van der Waals surface area contributed by atoms with Crippen LogP contribution in [0.1, 0.15) is 49.2 Å². The van der Waals surface area contributed by atoms with Gasteiger partial charge in [0, 0.05) is 13.6 Å². The number of nitrogen functional groups attached to an aromatic ring is 1. The summed E-state index contributed by atoms with van der Waals surface area (Å²) in [4.78, 5) is 14.1. The van der Waals surface area contributed by atoms with Crippen molar-refractivity contribution in [2.45, 2.75) is 45.6 Å². The molecule has 0 bridgehead atoms. The first-order valence-corrected chi connectivity index (χ1v) is 8.31. The number of thiophene rings is 1. The highest BCUT2D eigenvalue weighted by Gasteiger charge is 2.26. The third-order valence-corrected chi connectivity index (χ3v) is 5.13. The van der Waals surface area contributed by atoms with Crippen LogP contribution in [0.4, 0.5) is 10.7 Å². The molecule has 1 aromatic rings. The van der Waals surface area contributed by atoms with Crippen molar-refractivity contribution >= 4 is 27.9 Å². The number of carbonyl (C=O) groups excluding carboxylic acids is 1. The van der Waals surface area contributed by atoms with E-state index in [4.69, 9.17) is 16.2 Å².